The maximum atomic E-state index is 11.7. The van der Waals surface area contributed by atoms with E-state index in [2.05, 4.69) is 0 Å². The minimum absolute atomic E-state index is 0.381. The van der Waals surface area contributed by atoms with Crippen LogP contribution >= 0.6 is 0 Å². The van der Waals surface area contributed by atoms with Gasteiger partial charge in [-0.1, -0.05) is 0 Å². The number of Topliss-reactive ketones (excluding diaryl/α,β-unsaturated/α-hetero) is 1. The molecular formula is C7H12F3NO3S. The topological polar surface area (TPSA) is 63.2 Å². The molecule has 15 heavy (non-hydrogen) atoms. The number of carbonyl (C=O) groups is 1. The van der Waals surface area contributed by atoms with Crippen LogP contribution in [0.4, 0.5) is 13.2 Å². The molecule has 0 aromatic heterocycles. The summed E-state index contributed by atoms with van der Waals surface area (Å²) in [6.07, 6.45) is -6.00. The van der Waals surface area contributed by atoms with Crippen molar-refractivity contribution in [3.8, 4) is 0 Å². The number of nitrogens with one attached hydrogen (secondary N) is 1. The van der Waals surface area contributed by atoms with Crippen molar-refractivity contribution in [2.24, 2.45) is 0 Å². The van der Waals surface area contributed by atoms with Crippen LogP contribution in [-0.4, -0.2) is 32.7 Å². The summed E-state index contributed by atoms with van der Waals surface area (Å²) in [5, 5.41) is 0. The molecule has 90 valence electrons. The van der Waals surface area contributed by atoms with E-state index in [-0.39, 0.29) is 6.54 Å². The third-order valence-electron chi connectivity index (χ3n) is 1.41. The molecule has 0 aliphatic heterocycles. The Bertz CT molecular complexity index is 310. The lowest BCUT2D eigenvalue weighted by Gasteiger charge is -2.07. The average Bonchev–Trinajstić information content (AvgIpc) is 1.98. The van der Waals surface area contributed by atoms with Crippen LogP contribution in [0.1, 0.15) is 19.8 Å². The largest absolute Gasteiger partial charge is 0.389 e. The fourth-order valence-corrected chi connectivity index (χ4v) is 1.84. The highest BCUT2D eigenvalue weighted by molar-refractivity contribution is 7.89. The molecule has 1 N–H and O–H groups in total. The van der Waals surface area contributed by atoms with Gasteiger partial charge in [-0.05, 0) is 13.3 Å². The summed E-state index contributed by atoms with van der Waals surface area (Å²) < 4.78 is 58.9. The van der Waals surface area contributed by atoms with Crippen LogP contribution in [0.25, 0.3) is 0 Å². The molecule has 0 aromatic carbocycles. The lowest BCUT2D eigenvalue weighted by Crippen LogP contribution is -2.30. The number of rotatable bonds is 6. The van der Waals surface area contributed by atoms with Gasteiger partial charge in [0.1, 0.15) is 5.78 Å². The van der Waals surface area contributed by atoms with Crippen molar-refractivity contribution in [2.75, 3.05) is 12.3 Å². The molecule has 0 radical (unpaired) electrons. The highest BCUT2D eigenvalue weighted by atomic mass is 32.2. The molecule has 0 saturated carbocycles. The molecule has 0 amide bonds. The lowest BCUT2D eigenvalue weighted by atomic mass is 10.3. The van der Waals surface area contributed by atoms with Crippen molar-refractivity contribution >= 4 is 15.8 Å². The Morgan fingerprint density at radius 2 is 1.87 bits per heavy atom. The molecule has 0 heterocycles. The summed E-state index contributed by atoms with van der Waals surface area (Å²) in [7, 11) is -3.77. The third-order valence-corrected chi connectivity index (χ3v) is 2.82. The zero-order valence-electron chi connectivity index (χ0n) is 8.10. The second kappa shape index (κ2) is 5.45. The number of hydrogen-bond acceptors (Lipinski definition) is 3. The quantitative estimate of drug-likeness (QED) is 0.756. The summed E-state index contributed by atoms with van der Waals surface area (Å²) in [5.41, 5.74) is 0. The van der Waals surface area contributed by atoms with Crippen LogP contribution in [0.2, 0.25) is 0 Å². The maximum Gasteiger partial charge on any atom is 0.389 e. The van der Waals surface area contributed by atoms with Crippen LogP contribution < -0.4 is 4.72 Å². The van der Waals surface area contributed by atoms with Crippen molar-refractivity contribution in [2.45, 2.75) is 25.9 Å². The normalized spacial score (nSPS) is 12.8. The van der Waals surface area contributed by atoms with Crippen molar-refractivity contribution in [3.05, 3.63) is 0 Å². The Hall–Kier alpha value is -0.630. The monoisotopic (exact) mass is 247 g/mol. The lowest BCUT2D eigenvalue weighted by molar-refractivity contribution is -0.134. The van der Waals surface area contributed by atoms with Gasteiger partial charge in [0.2, 0.25) is 10.0 Å². The molecule has 0 unspecified atom stereocenters. The summed E-state index contributed by atoms with van der Waals surface area (Å²) in [6, 6.07) is 0. The predicted molar refractivity (Wildman–Crippen MR) is 47.8 cm³/mol. The standard InChI is InChI=1S/C7H12F3NO3S/c1-6(12)5-11-15(13,14)4-2-3-7(8,9)10/h11H,2-5H2,1H3. The van der Waals surface area contributed by atoms with Crippen LogP contribution in [0, 0.1) is 0 Å². The molecule has 0 aliphatic carbocycles. The number of alkyl halides is 3. The second-order valence-corrected chi connectivity index (χ2v) is 4.99. The van der Waals surface area contributed by atoms with Gasteiger partial charge < -0.3 is 0 Å². The smallest absolute Gasteiger partial charge is 0.299 e. The van der Waals surface area contributed by atoms with Crippen molar-refractivity contribution in [3.63, 3.8) is 0 Å². The van der Waals surface area contributed by atoms with Gasteiger partial charge in [-0.3, -0.25) is 4.79 Å². The zero-order chi connectivity index (χ0) is 12.1. The minimum atomic E-state index is -4.35. The van der Waals surface area contributed by atoms with Crippen molar-refractivity contribution in [1.82, 2.24) is 4.72 Å². The molecule has 0 bridgehead atoms. The Morgan fingerprint density at radius 1 is 1.33 bits per heavy atom. The van der Waals surface area contributed by atoms with Crippen LogP contribution in [-0.2, 0) is 14.8 Å². The third kappa shape index (κ3) is 9.67. The first-order chi connectivity index (χ1) is 6.62. The van der Waals surface area contributed by atoms with Gasteiger partial charge in [0.05, 0.1) is 12.3 Å². The van der Waals surface area contributed by atoms with Crippen molar-refractivity contribution in [1.29, 1.82) is 0 Å². The first-order valence-corrected chi connectivity index (χ1v) is 5.81. The number of sulfonamides is 1. The van der Waals surface area contributed by atoms with Crippen molar-refractivity contribution < 1.29 is 26.4 Å². The summed E-state index contributed by atoms with van der Waals surface area (Å²) in [4.78, 5) is 10.4. The molecule has 0 aliphatic rings. The van der Waals surface area contributed by atoms with Gasteiger partial charge in [-0.2, -0.15) is 13.2 Å². The van der Waals surface area contributed by atoms with Crippen LogP contribution in [0.5, 0.6) is 0 Å². The fraction of sp³-hybridized carbons (Fsp3) is 0.857. The van der Waals surface area contributed by atoms with Crippen LogP contribution in [0.3, 0.4) is 0 Å². The molecule has 8 heteroatoms. The molecule has 0 atom stereocenters. The summed E-state index contributed by atoms with van der Waals surface area (Å²) in [5.74, 6) is -1.02. The molecular weight excluding hydrogens is 235 g/mol. The fourth-order valence-electron chi connectivity index (χ4n) is 0.746. The van der Waals surface area contributed by atoms with E-state index in [4.69, 9.17) is 0 Å². The van der Waals surface area contributed by atoms with E-state index < -0.39 is 40.6 Å². The van der Waals surface area contributed by atoms with E-state index >= 15 is 0 Å². The molecule has 0 saturated heterocycles. The van der Waals surface area contributed by atoms with Gasteiger partial charge in [0.25, 0.3) is 0 Å². The molecule has 0 spiro atoms. The predicted octanol–water partition coefficient (Wildman–Crippen LogP) is 0.837. The molecule has 0 fully saturated rings. The Morgan fingerprint density at radius 3 is 2.27 bits per heavy atom. The first kappa shape index (κ1) is 14.4. The molecule has 0 rings (SSSR count). The highest BCUT2D eigenvalue weighted by Gasteiger charge is 2.27. The van der Waals surface area contributed by atoms with E-state index in [0.717, 1.165) is 0 Å². The number of halogens is 3. The Balaban J connectivity index is 3.90. The molecule has 4 nitrogen and oxygen atoms in total. The average molecular weight is 247 g/mol. The number of hydrogen-bond donors (Lipinski definition) is 1. The van der Waals surface area contributed by atoms with Gasteiger partial charge in [0, 0.05) is 6.42 Å². The van der Waals surface area contributed by atoms with Gasteiger partial charge in [-0.25, -0.2) is 13.1 Å². The van der Waals surface area contributed by atoms with E-state index in [1.54, 1.807) is 0 Å². The Labute approximate surface area is 85.9 Å². The first-order valence-electron chi connectivity index (χ1n) is 4.16. The SMILES string of the molecule is CC(=O)CNS(=O)(=O)CCCC(F)(F)F. The van der Waals surface area contributed by atoms with Gasteiger partial charge in [-0.15, -0.1) is 0 Å². The minimum Gasteiger partial charge on any atom is -0.299 e. The van der Waals surface area contributed by atoms with E-state index in [1.165, 1.54) is 6.92 Å². The zero-order valence-corrected chi connectivity index (χ0v) is 8.91. The van der Waals surface area contributed by atoms with Gasteiger partial charge in [0.15, 0.2) is 0 Å². The van der Waals surface area contributed by atoms with E-state index in [9.17, 15) is 26.4 Å². The highest BCUT2D eigenvalue weighted by Crippen LogP contribution is 2.21. The second-order valence-electron chi connectivity index (χ2n) is 3.06. The maximum absolute atomic E-state index is 11.7. The number of ketones is 1. The summed E-state index contributed by atoms with van der Waals surface area (Å²) >= 11 is 0. The van der Waals surface area contributed by atoms with E-state index in [1.807, 2.05) is 4.72 Å². The Kier molecular flexibility index (Phi) is 5.22. The number of carbonyl (C=O) groups excluding carboxylic acids is 1. The van der Waals surface area contributed by atoms with Gasteiger partial charge >= 0.3 is 6.18 Å². The molecule has 0 aromatic rings. The van der Waals surface area contributed by atoms with E-state index in [0.29, 0.717) is 0 Å². The van der Waals surface area contributed by atoms with Crippen LogP contribution in [0.15, 0.2) is 0 Å². The summed E-state index contributed by atoms with van der Waals surface area (Å²) in [6.45, 7) is 0.798.